The summed E-state index contributed by atoms with van der Waals surface area (Å²) in [4.78, 5) is 3.93. The summed E-state index contributed by atoms with van der Waals surface area (Å²) in [6.07, 6.45) is 5.05. The van der Waals surface area contributed by atoms with Gasteiger partial charge in [0, 0.05) is 6.20 Å². The van der Waals surface area contributed by atoms with E-state index in [0.717, 1.165) is 11.4 Å². The molecule has 0 bridgehead atoms. The van der Waals surface area contributed by atoms with Crippen molar-refractivity contribution in [2.75, 3.05) is 10.7 Å². The van der Waals surface area contributed by atoms with Gasteiger partial charge in [-0.15, -0.1) is 12.4 Å². The molecule has 0 saturated heterocycles. The van der Waals surface area contributed by atoms with E-state index in [1.54, 1.807) is 18.7 Å². The molecule has 1 aromatic heterocycles. The highest BCUT2D eigenvalue weighted by molar-refractivity contribution is 5.86. The molecule has 1 aromatic rings. The molecule has 0 amide bonds. The van der Waals surface area contributed by atoms with E-state index >= 15 is 0 Å². The van der Waals surface area contributed by atoms with Gasteiger partial charge in [0.05, 0.1) is 17.6 Å². The van der Waals surface area contributed by atoms with Crippen LogP contribution < -0.4 is 10.7 Å². The first-order chi connectivity index (χ1) is 4.97. The van der Waals surface area contributed by atoms with E-state index in [2.05, 4.69) is 20.8 Å². The minimum Gasteiger partial charge on any atom is -0.342 e. The summed E-state index contributed by atoms with van der Waals surface area (Å²) in [5, 5.41) is 6.75. The second-order valence-electron chi connectivity index (χ2n) is 1.94. The molecule has 0 radical (unpaired) electrons. The lowest BCUT2D eigenvalue weighted by molar-refractivity contribution is 1.26. The number of rotatable bonds is 0. The number of halogens is 1. The van der Waals surface area contributed by atoms with Crippen LogP contribution in [0.2, 0.25) is 0 Å². The Morgan fingerprint density at radius 3 is 3.00 bits per heavy atom. The zero-order chi connectivity index (χ0) is 6.81. The van der Waals surface area contributed by atoms with Crippen molar-refractivity contribution in [3.63, 3.8) is 0 Å². The topological polar surface area (TPSA) is 49.3 Å². The average Bonchev–Trinajstić information content (AvgIpc) is 2.05. The molecule has 0 fully saturated rings. The van der Waals surface area contributed by atoms with Crippen LogP contribution in [0.5, 0.6) is 0 Å². The van der Waals surface area contributed by atoms with E-state index in [1.807, 2.05) is 6.07 Å². The summed E-state index contributed by atoms with van der Waals surface area (Å²) in [6, 6.07) is 1.86. The van der Waals surface area contributed by atoms with Gasteiger partial charge < -0.3 is 5.32 Å². The molecule has 0 atom stereocenters. The highest BCUT2D eigenvalue weighted by atomic mass is 35.5. The number of hydrazone groups is 1. The fourth-order valence-corrected chi connectivity index (χ4v) is 0.811. The Bertz CT molecular complexity index is 246. The van der Waals surface area contributed by atoms with E-state index in [-0.39, 0.29) is 12.4 Å². The summed E-state index contributed by atoms with van der Waals surface area (Å²) >= 11 is 0. The third kappa shape index (κ3) is 1.40. The van der Waals surface area contributed by atoms with Gasteiger partial charge in [0.15, 0.2) is 0 Å². The second kappa shape index (κ2) is 3.21. The van der Waals surface area contributed by atoms with Crippen molar-refractivity contribution in [2.45, 2.75) is 0 Å². The van der Waals surface area contributed by atoms with Gasteiger partial charge in [-0.25, -0.2) is 0 Å². The highest BCUT2D eigenvalue weighted by Crippen LogP contribution is 2.20. The summed E-state index contributed by atoms with van der Waals surface area (Å²) in [6.45, 7) is 0. The first kappa shape index (κ1) is 7.81. The van der Waals surface area contributed by atoms with Gasteiger partial charge in [-0.2, -0.15) is 5.10 Å². The number of anilines is 2. The molecule has 2 N–H and O–H groups in total. The zero-order valence-electron chi connectivity index (χ0n) is 5.61. The molecular formula is C6H7ClN4. The van der Waals surface area contributed by atoms with E-state index in [1.165, 1.54) is 0 Å². The normalized spacial score (nSPS) is 12.0. The minimum absolute atomic E-state index is 0. The third-order valence-corrected chi connectivity index (χ3v) is 1.29. The number of hydrogen-bond acceptors (Lipinski definition) is 4. The second-order valence-corrected chi connectivity index (χ2v) is 1.94. The first-order valence-electron chi connectivity index (χ1n) is 2.95. The van der Waals surface area contributed by atoms with Crippen molar-refractivity contribution in [1.82, 2.24) is 4.98 Å². The molecule has 1 aliphatic rings. The predicted octanol–water partition coefficient (Wildman–Crippen LogP) is 1.28. The Morgan fingerprint density at radius 1 is 1.27 bits per heavy atom. The fraction of sp³-hybridized carbons (Fsp3) is 0. The fourth-order valence-electron chi connectivity index (χ4n) is 0.811. The van der Waals surface area contributed by atoms with Crippen molar-refractivity contribution < 1.29 is 0 Å². The maximum atomic E-state index is 3.93. The molecule has 1 aliphatic heterocycles. The molecule has 5 heteroatoms. The molecule has 0 saturated carbocycles. The Labute approximate surface area is 70.1 Å². The molecule has 4 nitrogen and oxygen atoms in total. The van der Waals surface area contributed by atoms with Gasteiger partial charge in [0.2, 0.25) is 0 Å². The molecule has 0 spiro atoms. The predicted molar refractivity (Wildman–Crippen MR) is 47.2 cm³/mol. The maximum Gasteiger partial charge on any atom is 0.113 e. The smallest absolute Gasteiger partial charge is 0.113 e. The monoisotopic (exact) mass is 170 g/mol. The number of hydrogen-bond donors (Lipinski definition) is 2. The number of nitrogens with one attached hydrogen (secondary N) is 2. The average molecular weight is 171 g/mol. The quantitative estimate of drug-likeness (QED) is 0.617. The first-order valence-corrected chi connectivity index (χ1v) is 2.95. The van der Waals surface area contributed by atoms with Gasteiger partial charge >= 0.3 is 0 Å². The Kier molecular flexibility index (Phi) is 2.28. The van der Waals surface area contributed by atoms with Crippen LogP contribution in [0.3, 0.4) is 0 Å². The van der Waals surface area contributed by atoms with Crippen molar-refractivity contribution >= 4 is 30.1 Å². The van der Waals surface area contributed by atoms with Crippen molar-refractivity contribution in [1.29, 1.82) is 0 Å². The van der Waals surface area contributed by atoms with Crippen LogP contribution in [0.15, 0.2) is 23.6 Å². The summed E-state index contributed by atoms with van der Waals surface area (Å²) in [7, 11) is 0. The molecule has 58 valence electrons. The van der Waals surface area contributed by atoms with Gasteiger partial charge in [-0.1, -0.05) is 0 Å². The zero-order valence-corrected chi connectivity index (χ0v) is 6.43. The number of aromatic nitrogens is 1. The van der Waals surface area contributed by atoms with Crippen LogP contribution in [0.1, 0.15) is 0 Å². The Hall–Kier alpha value is -1.29. The summed E-state index contributed by atoms with van der Waals surface area (Å²) in [5.74, 6) is 0. The number of fused-ring (bicyclic) bond motifs is 1. The standard InChI is InChI=1S/C6H6N4.ClH/c1-2-7-3-6-5(1)10-9-4-8-6;/h1-4,10H,(H,8,9);1H. The number of nitrogens with zero attached hydrogens (tertiary/aromatic N) is 2. The largest absolute Gasteiger partial charge is 0.342 e. The molecule has 2 heterocycles. The molecule has 0 unspecified atom stereocenters. The molecular weight excluding hydrogens is 164 g/mol. The van der Waals surface area contributed by atoms with Gasteiger partial charge in [-0.3, -0.25) is 10.4 Å². The molecule has 0 aliphatic carbocycles. The van der Waals surface area contributed by atoms with Crippen LogP contribution in [-0.4, -0.2) is 11.3 Å². The lowest BCUT2D eigenvalue weighted by Gasteiger charge is -2.10. The number of pyridine rings is 1. The van der Waals surface area contributed by atoms with Crippen molar-refractivity contribution in [2.24, 2.45) is 5.10 Å². The van der Waals surface area contributed by atoms with Crippen LogP contribution in [0.4, 0.5) is 11.4 Å². The van der Waals surface area contributed by atoms with E-state index in [9.17, 15) is 0 Å². The minimum atomic E-state index is 0. The van der Waals surface area contributed by atoms with E-state index < -0.39 is 0 Å². The van der Waals surface area contributed by atoms with Crippen LogP contribution in [0, 0.1) is 0 Å². The van der Waals surface area contributed by atoms with Crippen molar-refractivity contribution in [3.05, 3.63) is 18.5 Å². The van der Waals surface area contributed by atoms with Gasteiger partial charge in [-0.05, 0) is 6.07 Å². The van der Waals surface area contributed by atoms with E-state index in [0.29, 0.717) is 0 Å². The SMILES string of the molecule is C1=NNc2ccncc2N1.Cl. The molecule has 2 rings (SSSR count). The Balaban J connectivity index is 0.000000605. The van der Waals surface area contributed by atoms with E-state index in [4.69, 9.17) is 0 Å². The maximum absolute atomic E-state index is 3.93. The summed E-state index contributed by atoms with van der Waals surface area (Å²) < 4.78 is 0. The lowest BCUT2D eigenvalue weighted by atomic mass is 10.3. The summed E-state index contributed by atoms with van der Waals surface area (Å²) in [5.41, 5.74) is 4.74. The van der Waals surface area contributed by atoms with Crippen LogP contribution in [-0.2, 0) is 0 Å². The Morgan fingerprint density at radius 2 is 2.18 bits per heavy atom. The third-order valence-electron chi connectivity index (χ3n) is 1.29. The van der Waals surface area contributed by atoms with Gasteiger partial charge in [0.1, 0.15) is 6.34 Å². The van der Waals surface area contributed by atoms with Crippen molar-refractivity contribution in [3.8, 4) is 0 Å². The van der Waals surface area contributed by atoms with Crippen LogP contribution in [0.25, 0.3) is 0 Å². The lowest BCUT2D eigenvalue weighted by Crippen LogP contribution is -2.06. The van der Waals surface area contributed by atoms with Crippen LogP contribution >= 0.6 is 12.4 Å². The molecule has 11 heavy (non-hydrogen) atoms. The van der Waals surface area contributed by atoms with Gasteiger partial charge in [0.25, 0.3) is 0 Å². The molecule has 0 aromatic carbocycles. The highest BCUT2D eigenvalue weighted by Gasteiger charge is 2.01.